The molecule has 0 spiro atoms. The number of ether oxygens (including phenoxy) is 1. The highest BCUT2D eigenvalue weighted by molar-refractivity contribution is 5.85. The van der Waals surface area contributed by atoms with Gasteiger partial charge in [-0.2, -0.15) is 0 Å². The van der Waals surface area contributed by atoms with Crippen LogP contribution in [0.4, 0.5) is 0 Å². The molecule has 0 aromatic carbocycles. The van der Waals surface area contributed by atoms with Crippen molar-refractivity contribution < 1.29 is 14.6 Å². The molecule has 1 unspecified atom stereocenters. The maximum Gasteiger partial charge on any atom is 0.354 e. The highest BCUT2D eigenvalue weighted by Crippen LogP contribution is 2.35. The summed E-state index contributed by atoms with van der Waals surface area (Å²) < 4.78 is 5.17. The standard InChI is InChI=1S/C15H22N2O3/c1-11(12-6-7-12)17(8-9-20-2)10-13-4-3-5-14(16-13)15(18)19/h3-5,11-12H,6-10H2,1-2H3,(H,18,19). The predicted octanol–water partition coefficient (Wildman–Crippen LogP) is 2.03. The number of pyridine rings is 1. The molecule has 2 rings (SSSR count). The van der Waals surface area contributed by atoms with Gasteiger partial charge in [0.1, 0.15) is 5.69 Å². The second-order valence-electron chi connectivity index (χ2n) is 5.36. The first-order valence-electron chi connectivity index (χ1n) is 7.04. The Labute approximate surface area is 119 Å². The summed E-state index contributed by atoms with van der Waals surface area (Å²) in [6, 6.07) is 5.64. The molecular formula is C15H22N2O3. The Balaban J connectivity index is 2.05. The number of rotatable bonds is 8. The average Bonchev–Trinajstić information content (AvgIpc) is 3.27. The smallest absolute Gasteiger partial charge is 0.354 e. The van der Waals surface area contributed by atoms with Crippen molar-refractivity contribution in [1.29, 1.82) is 0 Å². The summed E-state index contributed by atoms with van der Waals surface area (Å²) in [4.78, 5) is 17.5. The minimum atomic E-state index is -0.981. The number of aromatic carboxylic acids is 1. The number of carbonyl (C=O) groups is 1. The molecule has 110 valence electrons. The molecule has 1 saturated carbocycles. The van der Waals surface area contributed by atoms with E-state index < -0.39 is 5.97 Å². The van der Waals surface area contributed by atoms with Gasteiger partial charge in [-0.1, -0.05) is 6.07 Å². The van der Waals surface area contributed by atoms with Crippen molar-refractivity contribution in [3.05, 3.63) is 29.6 Å². The summed E-state index contributed by atoms with van der Waals surface area (Å²) in [6.07, 6.45) is 2.57. The van der Waals surface area contributed by atoms with E-state index in [2.05, 4.69) is 16.8 Å². The van der Waals surface area contributed by atoms with Crippen LogP contribution in [0.15, 0.2) is 18.2 Å². The van der Waals surface area contributed by atoms with Crippen molar-refractivity contribution in [1.82, 2.24) is 9.88 Å². The van der Waals surface area contributed by atoms with Gasteiger partial charge < -0.3 is 9.84 Å². The number of hydrogen-bond acceptors (Lipinski definition) is 4. The summed E-state index contributed by atoms with van der Waals surface area (Å²) in [7, 11) is 1.70. The maximum atomic E-state index is 11.0. The topological polar surface area (TPSA) is 62.7 Å². The molecule has 5 nitrogen and oxygen atoms in total. The number of methoxy groups -OCH3 is 1. The zero-order valence-electron chi connectivity index (χ0n) is 12.1. The van der Waals surface area contributed by atoms with Crippen molar-refractivity contribution in [3.8, 4) is 0 Å². The van der Waals surface area contributed by atoms with Crippen LogP contribution in [0.3, 0.4) is 0 Å². The molecule has 5 heteroatoms. The number of hydrogen-bond donors (Lipinski definition) is 1. The highest BCUT2D eigenvalue weighted by atomic mass is 16.5. The molecule has 1 fully saturated rings. The summed E-state index contributed by atoms with van der Waals surface area (Å²) in [6.45, 7) is 4.42. The minimum absolute atomic E-state index is 0.105. The first-order valence-corrected chi connectivity index (χ1v) is 7.04. The van der Waals surface area contributed by atoms with E-state index in [1.807, 2.05) is 6.07 Å². The monoisotopic (exact) mass is 278 g/mol. The third-order valence-corrected chi connectivity index (χ3v) is 3.85. The van der Waals surface area contributed by atoms with Gasteiger partial charge in [-0.25, -0.2) is 9.78 Å². The average molecular weight is 278 g/mol. The molecule has 1 aliphatic carbocycles. The van der Waals surface area contributed by atoms with Crippen molar-refractivity contribution in [2.75, 3.05) is 20.3 Å². The molecule has 1 aliphatic rings. The van der Waals surface area contributed by atoms with Crippen LogP contribution in [0, 0.1) is 5.92 Å². The Kier molecular flexibility index (Phi) is 5.09. The quantitative estimate of drug-likeness (QED) is 0.788. The zero-order chi connectivity index (χ0) is 14.5. The van der Waals surface area contributed by atoms with E-state index in [4.69, 9.17) is 9.84 Å². The van der Waals surface area contributed by atoms with Gasteiger partial charge in [0.15, 0.2) is 0 Å². The fourth-order valence-corrected chi connectivity index (χ4v) is 2.41. The van der Waals surface area contributed by atoms with Crippen LogP contribution in [0.5, 0.6) is 0 Å². The molecule has 20 heavy (non-hydrogen) atoms. The summed E-state index contributed by atoms with van der Waals surface area (Å²) in [5.74, 6) is -0.222. The van der Waals surface area contributed by atoms with E-state index in [1.54, 1.807) is 13.2 Å². The van der Waals surface area contributed by atoms with Crippen molar-refractivity contribution in [2.45, 2.75) is 32.4 Å². The number of carboxylic acids is 1. The molecule has 0 saturated heterocycles. The second-order valence-corrected chi connectivity index (χ2v) is 5.36. The van der Waals surface area contributed by atoms with Gasteiger partial charge in [0.05, 0.1) is 12.3 Å². The van der Waals surface area contributed by atoms with Gasteiger partial charge in [-0.05, 0) is 37.8 Å². The Morgan fingerprint density at radius 1 is 1.55 bits per heavy atom. The summed E-state index contributed by atoms with van der Waals surface area (Å²) >= 11 is 0. The van der Waals surface area contributed by atoms with Gasteiger partial charge in [0.25, 0.3) is 0 Å². The van der Waals surface area contributed by atoms with Crippen molar-refractivity contribution in [2.24, 2.45) is 5.92 Å². The molecule has 1 N–H and O–H groups in total. The van der Waals surface area contributed by atoms with Crippen LogP contribution in [0.25, 0.3) is 0 Å². The molecule has 0 aliphatic heterocycles. The molecule has 0 radical (unpaired) electrons. The fraction of sp³-hybridized carbons (Fsp3) is 0.600. The molecular weight excluding hydrogens is 256 g/mol. The molecule has 0 amide bonds. The third-order valence-electron chi connectivity index (χ3n) is 3.85. The van der Waals surface area contributed by atoms with Crippen molar-refractivity contribution in [3.63, 3.8) is 0 Å². The van der Waals surface area contributed by atoms with Crippen LogP contribution < -0.4 is 0 Å². The van der Waals surface area contributed by atoms with Crippen LogP contribution >= 0.6 is 0 Å². The van der Waals surface area contributed by atoms with Crippen LogP contribution in [0.1, 0.15) is 35.9 Å². The summed E-state index contributed by atoms with van der Waals surface area (Å²) in [5.41, 5.74) is 0.904. The highest BCUT2D eigenvalue weighted by Gasteiger charge is 2.31. The lowest BCUT2D eigenvalue weighted by atomic mass is 10.1. The van der Waals surface area contributed by atoms with E-state index in [1.165, 1.54) is 18.9 Å². The SMILES string of the molecule is COCCN(Cc1cccc(C(=O)O)n1)C(C)C1CC1. The first kappa shape index (κ1) is 14.9. The van der Waals surface area contributed by atoms with Crippen molar-refractivity contribution >= 4 is 5.97 Å². The van der Waals surface area contributed by atoms with Gasteiger partial charge in [-0.3, -0.25) is 4.90 Å². The van der Waals surface area contributed by atoms with Crippen LogP contribution in [-0.2, 0) is 11.3 Å². The zero-order valence-corrected chi connectivity index (χ0v) is 12.1. The molecule has 1 aromatic heterocycles. The Morgan fingerprint density at radius 2 is 2.30 bits per heavy atom. The van der Waals surface area contributed by atoms with E-state index in [0.29, 0.717) is 19.2 Å². The van der Waals surface area contributed by atoms with Crippen LogP contribution in [0.2, 0.25) is 0 Å². The lowest BCUT2D eigenvalue weighted by molar-refractivity contribution is 0.0689. The maximum absolute atomic E-state index is 11.0. The van der Waals surface area contributed by atoms with Crippen LogP contribution in [-0.4, -0.2) is 47.3 Å². The number of nitrogens with zero attached hydrogens (tertiary/aromatic N) is 2. The van der Waals surface area contributed by atoms with Gasteiger partial charge in [-0.15, -0.1) is 0 Å². The van der Waals surface area contributed by atoms with Gasteiger partial charge in [0, 0.05) is 26.2 Å². The first-order chi connectivity index (χ1) is 9.61. The van der Waals surface area contributed by atoms with E-state index in [9.17, 15) is 4.79 Å². The second kappa shape index (κ2) is 6.81. The van der Waals surface area contributed by atoms with E-state index >= 15 is 0 Å². The lowest BCUT2D eigenvalue weighted by Gasteiger charge is -2.28. The van der Waals surface area contributed by atoms with Gasteiger partial charge in [0.2, 0.25) is 0 Å². The number of aromatic nitrogens is 1. The molecule has 1 heterocycles. The largest absolute Gasteiger partial charge is 0.477 e. The Bertz CT molecular complexity index is 460. The third kappa shape index (κ3) is 4.02. The Hall–Kier alpha value is -1.46. The predicted molar refractivity (Wildman–Crippen MR) is 75.7 cm³/mol. The lowest BCUT2D eigenvalue weighted by Crippen LogP contribution is -2.37. The minimum Gasteiger partial charge on any atom is -0.477 e. The fourth-order valence-electron chi connectivity index (χ4n) is 2.41. The molecule has 1 atom stereocenters. The number of carboxylic acid groups (broad SMARTS) is 1. The Morgan fingerprint density at radius 3 is 2.90 bits per heavy atom. The molecule has 1 aromatic rings. The van der Waals surface area contributed by atoms with E-state index in [-0.39, 0.29) is 5.69 Å². The van der Waals surface area contributed by atoms with Gasteiger partial charge >= 0.3 is 5.97 Å². The normalized spacial score (nSPS) is 16.4. The molecule has 0 bridgehead atoms. The summed E-state index contributed by atoms with van der Waals surface area (Å²) in [5, 5.41) is 9.00. The van der Waals surface area contributed by atoms with E-state index in [0.717, 1.165) is 18.2 Å².